The number of benzene rings is 3. The van der Waals surface area contributed by atoms with Crippen molar-refractivity contribution in [1.29, 1.82) is 0 Å². The van der Waals surface area contributed by atoms with Crippen LogP contribution in [-0.2, 0) is 22.6 Å². The van der Waals surface area contributed by atoms with Gasteiger partial charge in [-0.3, -0.25) is 9.59 Å². The normalized spacial score (nSPS) is 12.0. The first-order valence-corrected chi connectivity index (χ1v) is 11.6. The summed E-state index contributed by atoms with van der Waals surface area (Å²) in [5.41, 5.74) is 2.19. The highest BCUT2D eigenvalue weighted by Gasteiger charge is 2.28. The molecule has 0 saturated carbocycles. The van der Waals surface area contributed by atoms with E-state index in [2.05, 4.69) is 43.4 Å². The molecule has 3 aromatic carbocycles. The van der Waals surface area contributed by atoms with Gasteiger partial charge in [0.2, 0.25) is 11.8 Å². The fourth-order valence-corrected chi connectivity index (χ4v) is 4.02. The van der Waals surface area contributed by atoms with Crippen LogP contribution in [0.15, 0.2) is 72.8 Å². The van der Waals surface area contributed by atoms with Gasteiger partial charge in [-0.05, 0) is 40.7 Å². The molecule has 1 N–H and O–H groups in total. The lowest BCUT2D eigenvalue weighted by Gasteiger charge is -2.31. The first kappa shape index (κ1) is 23.5. The summed E-state index contributed by atoms with van der Waals surface area (Å²) in [6.07, 6.45) is 1.60. The molecule has 0 bridgehead atoms. The third-order valence-electron chi connectivity index (χ3n) is 5.75. The van der Waals surface area contributed by atoms with Crippen molar-refractivity contribution in [2.75, 3.05) is 6.54 Å². The fraction of sp³-hybridized carbons (Fsp3) is 0.357. The van der Waals surface area contributed by atoms with Crippen molar-refractivity contribution >= 4 is 22.6 Å². The summed E-state index contributed by atoms with van der Waals surface area (Å²) in [5.74, 6) is 0.296. The van der Waals surface area contributed by atoms with Gasteiger partial charge in [0.05, 0.1) is 0 Å². The van der Waals surface area contributed by atoms with Crippen LogP contribution in [0.5, 0.6) is 0 Å². The number of amides is 2. The second kappa shape index (κ2) is 11.5. The van der Waals surface area contributed by atoms with Gasteiger partial charge >= 0.3 is 0 Å². The van der Waals surface area contributed by atoms with Gasteiger partial charge in [0.15, 0.2) is 0 Å². The summed E-state index contributed by atoms with van der Waals surface area (Å²) in [4.78, 5) is 28.2. The van der Waals surface area contributed by atoms with Crippen molar-refractivity contribution < 1.29 is 9.59 Å². The van der Waals surface area contributed by atoms with Crippen LogP contribution in [0.4, 0.5) is 0 Å². The topological polar surface area (TPSA) is 49.4 Å². The lowest BCUT2D eigenvalue weighted by atomic mass is 10.00. The van der Waals surface area contributed by atoms with Crippen LogP contribution in [0.25, 0.3) is 10.8 Å². The van der Waals surface area contributed by atoms with Gasteiger partial charge in [-0.25, -0.2) is 0 Å². The maximum atomic E-state index is 13.4. The van der Waals surface area contributed by atoms with Crippen LogP contribution in [0.1, 0.15) is 44.7 Å². The number of nitrogens with one attached hydrogen (secondary N) is 1. The highest BCUT2D eigenvalue weighted by Crippen LogP contribution is 2.21. The van der Waals surface area contributed by atoms with Crippen LogP contribution >= 0.6 is 0 Å². The van der Waals surface area contributed by atoms with E-state index in [1.165, 1.54) is 10.8 Å². The van der Waals surface area contributed by atoms with E-state index in [1.807, 2.05) is 55.5 Å². The number of aryl methyl sites for hydroxylation is 1. The van der Waals surface area contributed by atoms with Gasteiger partial charge in [0.25, 0.3) is 0 Å². The first-order valence-electron chi connectivity index (χ1n) is 11.6. The van der Waals surface area contributed by atoms with E-state index in [0.717, 1.165) is 11.1 Å². The van der Waals surface area contributed by atoms with Crippen molar-refractivity contribution in [2.45, 2.75) is 52.6 Å². The van der Waals surface area contributed by atoms with Crippen LogP contribution < -0.4 is 5.32 Å². The summed E-state index contributed by atoms with van der Waals surface area (Å²) >= 11 is 0. The SMILES string of the molecule is CC[C@H](C(=O)NCC(C)C)N(Cc1ccccc1)C(=O)CCc1cccc2ccccc12. The third-order valence-corrected chi connectivity index (χ3v) is 5.75. The van der Waals surface area contributed by atoms with Gasteiger partial charge in [-0.2, -0.15) is 0 Å². The molecule has 4 heteroatoms. The molecule has 168 valence electrons. The minimum absolute atomic E-state index is 0.00772. The molecule has 0 heterocycles. The minimum atomic E-state index is -0.478. The summed E-state index contributed by atoms with van der Waals surface area (Å²) in [5, 5.41) is 5.38. The standard InChI is InChI=1S/C28H34N2O2/c1-4-26(28(32)29-19-21(2)3)30(20-22-11-6-5-7-12-22)27(31)18-17-24-15-10-14-23-13-8-9-16-25(23)24/h5-16,21,26H,4,17-20H2,1-3H3,(H,29,32)/t26-/m1/s1. The van der Waals surface area contributed by atoms with E-state index >= 15 is 0 Å². The Balaban J connectivity index is 1.79. The predicted octanol–water partition coefficient (Wildman–Crippen LogP) is 5.35. The molecule has 0 fully saturated rings. The van der Waals surface area contributed by atoms with Crippen LogP contribution in [0, 0.1) is 5.92 Å². The number of fused-ring (bicyclic) bond motifs is 1. The van der Waals surface area contributed by atoms with Crippen LogP contribution in [0.3, 0.4) is 0 Å². The Kier molecular flexibility index (Phi) is 8.43. The maximum absolute atomic E-state index is 13.4. The summed E-state index contributed by atoms with van der Waals surface area (Å²) < 4.78 is 0. The lowest BCUT2D eigenvalue weighted by Crippen LogP contribution is -2.49. The second-order valence-electron chi connectivity index (χ2n) is 8.71. The van der Waals surface area contributed by atoms with Gasteiger partial charge in [-0.1, -0.05) is 93.6 Å². The predicted molar refractivity (Wildman–Crippen MR) is 131 cm³/mol. The fourth-order valence-electron chi connectivity index (χ4n) is 4.02. The molecule has 0 aliphatic carbocycles. The molecule has 32 heavy (non-hydrogen) atoms. The van der Waals surface area contributed by atoms with E-state index in [-0.39, 0.29) is 11.8 Å². The van der Waals surface area contributed by atoms with E-state index < -0.39 is 6.04 Å². The Morgan fingerprint density at radius 1 is 0.906 bits per heavy atom. The Bertz CT molecular complexity index is 1020. The zero-order valence-corrected chi connectivity index (χ0v) is 19.4. The molecule has 4 nitrogen and oxygen atoms in total. The van der Waals surface area contributed by atoms with Crippen molar-refractivity contribution in [3.05, 3.63) is 83.9 Å². The van der Waals surface area contributed by atoms with Gasteiger partial charge in [0, 0.05) is 19.5 Å². The largest absolute Gasteiger partial charge is 0.354 e. The van der Waals surface area contributed by atoms with Crippen LogP contribution in [-0.4, -0.2) is 29.3 Å². The zero-order chi connectivity index (χ0) is 22.9. The Hall–Kier alpha value is -3.14. The smallest absolute Gasteiger partial charge is 0.242 e. The molecule has 0 radical (unpaired) electrons. The van der Waals surface area contributed by atoms with Crippen LogP contribution in [0.2, 0.25) is 0 Å². The van der Waals surface area contributed by atoms with E-state index in [0.29, 0.717) is 38.3 Å². The number of rotatable bonds is 10. The third kappa shape index (κ3) is 6.19. The molecule has 3 aromatic rings. The average molecular weight is 431 g/mol. The number of carbonyl (C=O) groups is 2. The number of carbonyl (C=O) groups excluding carboxylic acids is 2. The quantitative estimate of drug-likeness (QED) is 0.471. The molecule has 1 atom stereocenters. The average Bonchev–Trinajstić information content (AvgIpc) is 2.81. The molecular weight excluding hydrogens is 396 g/mol. The highest BCUT2D eigenvalue weighted by atomic mass is 16.2. The van der Waals surface area contributed by atoms with E-state index in [4.69, 9.17) is 0 Å². The molecular formula is C28H34N2O2. The summed E-state index contributed by atoms with van der Waals surface area (Å²) in [6.45, 7) is 7.15. The molecule has 0 unspecified atom stereocenters. The van der Waals surface area contributed by atoms with Crippen molar-refractivity contribution in [1.82, 2.24) is 10.2 Å². The van der Waals surface area contributed by atoms with Crippen molar-refractivity contribution in [3.8, 4) is 0 Å². The van der Waals surface area contributed by atoms with Gasteiger partial charge < -0.3 is 10.2 Å². The van der Waals surface area contributed by atoms with Crippen molar-refractivity contribution in [2.24, 2.45) is 5.92 Å². The van der Waals surface area contributed by atoms with Gasteiger partial charge in [-0.15, -0.1) is 0 Å². The summed E-state index contributed by atoms with van der Waals surface area (Å²) in [6, 6.07) is 23.9. The molecule has 0 aliphatic heterocycles. The monoisotopic (exact) mass is 430 g/mol. The van der Waals surface area contributed by atoms with Crippen molar-refractivity contribution in [3.63, 3.8) is 0 Å². The molecule has 0 saturated heterocycles. The highest BCUT2D eigenvalue weighted by molar-refractivity contribution is 5.89. The minimum Gasteiger partial charge on any atom is -0.354 e. The second-order valence-corrected chi connectivity index (χ2v) is 8.71. The van der Waals surface area contributed by atoms with E-state index in [1.54, 1.807) is 4.90 Å². The Morgan fingerprint density at radius 2 is 1.59 bits per heavy atom. The molecule has 0 aliphatic rings. The number of hydrogen-bond donors (Lipinski definition) is 1. The Labute approximate surface area is 191 Å². The number of nitrogens with zero attached hydrogens (tertiary/aromatic N) is 1. The summed E-state index contributed by atoms with van der Waals surface area (Å²) in [7, 11) is 0. The maximum Gasteiger partial charge on any atom is 0.242 e. The molecule has 2 amide bonds. The number of hydrogen-bond acceptors (Lipinski definition) is 2. The molecule has 0 spiro atoms. The Morgan fingerprint density at radius 3 is 2.31 bits per heavy atom. The molecule has 3 rings (SSSR count). The lowest BCUT2D eigenvalue weighted by molar-refractivity contribution is -0.141. The van der Waals surface area contributed by atoms with Gasteiger partial charge in [0.1, 0.15) is 6.04 Å². The zero-order valence-electron chi connectivity index (χ0n) is 19.4. The molecule has 0 aromatic heterocycles. The first-order chi connectivity index (χ1) is 15.5. The van der Waals surface area contributed by atoms with E-state index in [9.17, 15) is 9.59 Å².